The Kier molecular flexibility index (Phi) is 5.83. The van der Waals surface area contributed by atoms with Gasteiger partial charge in [0.05, 0.1) is 10.7 Å². The maximum Gasteiger partial charge on any atom is 0.325 e. The Labute approximate surface area is 189 Å². The number of rotatable bonds is 6. The van der Waals surface area contributed by atoms with Crippen molar-refractivity contribution in [1.82, 2.24) is 10.2 Å². The second-order valence-electron chi connectivity index (χ2n) is 7.39. The number of carbonyl (C=O) groups is 3. The molecule has 3 aromatic carbocycles. The zero-order chi connectivity index (χ0) is 22.7. The van der Waals surface area contributed by atoms with Crippen LogP contribution in [0.2, 0.25) is 5.02 Å². The summed E-state index contributed by atoms with van der Waals surface area (Å²) in [5, 5.41) is 5.81. The van der Waals surface area contributed by atoms with E-state index in [2.05, 4.69) is 10.6 Å². The van der Waals surface area contributed by atoms with Crippen LogP contribution in [0.3, 0.4) is 0 Å². The molecule has 4 amide bonds. The zero-order valence-corrected chi connectivity index (χ0v) is 17.9. The molecule has 0 spiro atoms. The van der Waals surface area contributed by atoms with Crippen molar-refractivity contribution in [1.29, 1.82) is 0 Å². The number of hydrogen-bond acceptors (Lipinski definition) is 4. The molecule has 0 saturated carbocycles. The summed E-state index contributed by atoms with van der Waals surface area (Å²) >= 11 is 6.15. The third-order valence-corrected chi connectivity index (χ3v) is 5.46. The number of urea groups is 1. The molecule has 1 atom stereocenters. The molecule has 0 bridgehead atoms. The standard InChI is InChI=1S/C24H20ClN3O4/c1-24(16-9-3-2-4-10-16)22(30)28(23(31)27-24)15-21(29)26-18-12-6-8-14-20(18)32-19-13-7-5-11-17(19)25/h2-14H,15H2,1H3,(H,26,29)(H,27,31). The van der Waals surface area contributed by atoms with E-state index in [1.807, 2.05) is 6.07 Å². The van der Waals surface area contributed by atoms with Crippen molar-refractivity contribution in [2.75, 3.05) is 11.9 Å². The summed E-state index contributed by atoms with van der Waals surface area (Å²) in [6.07, 6.45) is 0. The van der Waals surface area contributed by atoms with Gasteiger partial charge in [0.25, 0.3) is 5.91 Å². The molecule has 0 radical (unpaired) electrons. The van der Waals surface area contributed by atoms with Crippen LogP contribution < -0.4 is 15.4 Å². The first-order valence-corrected chi connectivity index (χ1v) is 10.3. The van der Waals surface area contributed by atoms with E-state index < -0.39 is 29.9 Å². The van der Waals surface area contributed by atoms with Crippen molar-refractivity contribution in [3.05, 3.63) is 89.4 Å². The minimum absolute atomic E-state index is 0.375. The molecule has 0 aliphatic carbocycles. The predicted molar refractivity (Wildman–Crippen MR) is 121 cm³/mol. The van der Waals surface area contributed by atoms with E-state index in [9.17, 15) is 14.4 Å². The fourth-order valence-corrected chi connectivity index (χ4v) is 3.62. The summed E-state index contributed by atoms with van der Waals surface area (Å²) in [5.41, 5.74) is -0.209. The van der Waals surface area contributed by atoms with Crippen LogP contribution >= 0.6 is 11.6 Å². The fourth-order valence-electron chi connectivity index (χ4n) is 3.45. The Hall–Kier alpha value is -3.84. The number of nitrogens with zero attached hydrogens (tertiary/aromatic N) is 1. The van der Waals surface area contributed by atoms with Gasteiger partial charge in [-0.25, -0.2) is 4.79 Å². The molecule has 3 aromatic rings. The van der Waals surface area contributed by atoms with Gasteiger partial charge in [-0.1, -0.05) is 66.2 Å². The number of para-hydroxylation sites is 3. The van der Waals surface area contributed by atoms with Gasteiger partial charge in [-0.15, -0.1) is 0 Å². The summed E-state index contributed by atoms with van der Waals surface area (Å²) in [6, 6.07) is 22.1. The summed E-state index contributed by atoms with van der Waals surface area (Å²) in [6.45, 7) is 1.18. The van der Waals surface area contributed by atoms with E-state index in [1.54, 1.807) is 79.7 Å². The van der Waals surface area contributed by atoms with E-state index in [-0.39, 0.29) is 0 Å². The minimum Gasteiger partial charge on any atom is -0.454 e. The molecule has 4 rings (SSSR count). The van der Waals surface area contributed by atoms with Gasteiger partial charge < -0.3 is 15.4 Å². The highest BCUT2D eigenvalue weighted by molar-refractivity contribution is 6.32. The van der Waals surface area contributed by atoms with Gasteiger partial charge in [-0.3, -0.25) is 14.5 Å². The van der Waals surface area contributed by atoms with Crippen molar-refractivity contribution in [3.63, 3.8) is 0 Å². The smallest absolute Gasteiger partial charge is 0.325 e. The van der Waals surface area contributed by atoms with E-state index in [4.69, 9.17) is 16.3 Å². The van der Waals surface area contributed by atoms with Gasteiger partial charge in [0.15, 0.2) is 5.75 Å². The van der Waals surface area contributed by atoms with Gasteiger partial charge in [0, 0.05) is 0 Å². The van der Waals surface area contributed by atoms with Crippen LogP contribution in [0.5, 0.6) is 11.5 Å². The molecule has 32 heavy (non-hydrogen) atoms. The number of imide groups is 1. The number of halogens is 1. The summed E-state index contributed by atoms with van der Waals surface area (Å²) in [5.74, 6) is -0.227. The van der Waals surface area contributed by atoms with Crippen LogP contribution in [0.15, 0.2) is 78.9 Å². The topological polar surface area (TPSA) is 87.7 Å². The molecule has 162 valence electrons. The van der Waals surface area contributed by atoms with Crippen LogP contribution in [-0.4, -0.2) is 29.3 Å². The number of anilines is 1. The molecule has 8 heteroatoms. The lowest BCUT2D eigenvalue weighted by atomic mass is 9.92. The second kappa shape index (κ2) is 8.72. The van der Waals surface area contributed by atoms with Crippen LogP contribution in [0, 0.1) is 0 Å². The number of ether oxygens (including phenoxy) is 1. The summed E-state index contributed by atoms with van der Waals surface area (Å²) in [4.78, 5) is 39.1. The molecule has 0 aromatic heterocycles. The van der Waals surface area contributed by atoms with E-state index in [1.165, 1.54) is 0 Å². The maximum atomic E-state index is 13.0. The SMILES string of the molecule is CC1(c2ccccc2)NC(=O)N(CC(=O)Nc2ccccc2Oc2ccccc2Cl)C1=O. The first-order chi connectivity index (χ1) is 15.4. The molecule has 1 unspecified atom stereocenters. The second-order valence-corrected chi connectivity index (χ2v) is 7.80. The van der Waals surface area contributed by atoms with Crippen LogP contribution in [-0.2, 0) is 15.1 Å². The zero-order valence-electron chi connectivity index (χ0n) is 17.2. The Balaban J connectivity index is 1.48. The van der Waals surface area contributed by atoms with E-state index >= 15 is 0 Å². The van der Waals surface area contributed by atoms with Gasteiger partial charge in [0.2, 0.25) is 5.91 Å². The Morgan fingerprint density at radius 2 is 1.59 bits per heavy atom. The Morgan fingerprint density at radius 1 is 0.969 bits per heavy atom. The fraction of sp³-hybridized carbons (Fsp3) is 0.125. The number of carbonyl (C=O) groups excluding carboxylic acids is 3. The maximum absolute atomic E-state index is 13.0. The van der Waals surface area contributed by atoms with Crippen LogP contribution in [0.4, 0.5) is 10.5 Å². The first-order valence-electron chi connectivity index (χ1n) is 9.89. The molecule has 2 N–H and O–H groups in total. The number of benzene rings is 3. The monoisotopic (exact) mass is 449 g/mol. The molecule has 1 aliphatic heterocycles. The van der Waals surface area contributed by atoms with Crippen molar-refractivity contribution in [2.24, 2.45) is 0 Å². The lowest BCUT2D eigenvalue weighted by molar-refractivity contribution is -0.133. The average molecular weight is 450 g/mol. The minimum atomic E-state index is -1.23. The highest BCUT2D eigenvalue weighted by Crippen LogP contribution is 2.33. The first kappa shape index (κ1) is 21.4. The van der Waals surface area contributed by atoms with Crippen LogP contribution in [0.25, 0.3) is 0 Å². The lowest BCUT2D eigenvalue weighted by Gasteiger charge is -2.22. The van der Waals surface area contributed by atoms with E-state index in [0.717, 1.165) is 4.90 Å². The van der Waals surface area contributed by atoms with Gasteiger partial charge in [-0.2, -0.15) is 0 Å². The third kappa shape index (κ3) is 4.15. The van der Waals surface area contributed by atoms with Gasteiger partial charge >= 0.3 is 6.03 Å². The average Bonchev–Trinajstić information content (AvgIpc) is 3.01. The summed E-state index contributed by atoms with van der Waals surface area (Å²) in [7, 11) is 0. The molecule has 1 aliphatic rings. The van der Waals surface area contributed by atoms with Crippen molar-refractivity contribution < 1.29 is 19.1 Å². The molecule has 7 nitrogen and oxygen atoms in total. The van der Waals surface area contributed by atoms with Crippen molar-refractivity contribution in [3.8, 4) is 11.5 Å². The quantitative estimate of drug-likeness (QED) is 0.541. The highest BCUT2D eigenvalue weighted by atomic mass is 35.5. The number of nitrogens with one attached hydrogen (secondary N) is 2. The molecular weight excluding hydrogens is 430 g/mol. The molecule has 1 heterocycles. The largest absolute Gasteiger partial charge is 0.454 e. The summed E-state index contributed by atoms with van der Waals surface area (Å²) < 4.78 is 5.84. The van der Waals surface area contributed by atoms with Gasteiger partial charge in [0.1, 0.15) is 17.8 Å². The Bertz CT molecular complexity index is 1180. The van der Waals surface area contributed by atoms with E-state index in [0.29, 0.717) is 27.8 Å². The van der Waals surface area contributed by atoms with Gasteiger partial charge in [-0.05, 0) is 36.8 Å². The highest BCUT2D eigenvalue weighted by Gasteiger charge is 2.49. The Morgan fingerprint density at radius 3 is 2.31 bits per heavy atom. The number of amides is 4. The third-order valence-electron chi connectivity index (χ3n) is 5.15. The van der Waals surface area contributed by atoms with Crippen LogP contribution in [0.1, 0.15) is 12.5 Å². The lowest BCUT2D eigenvalue weighted by Crippen LogP contribution is -2.42. The molecule has 1 fully saturated rings. The number of hydrogen-bond donors (Lipinski definition) is 2. The predicted octanol–water partition coefficient (Wildman–Crippen LogP) is 4.54. The van der Waals surface area contributed by atoms with Crippen molar-refractivity contribution >= 4 is 35.1 Å². The van der Waals surface area contributed by atoms with Crippen molar-refractivity contribution in [2.45, 2.75) is 12.5 Å². The molecular formula is C24H20ClN3O4. The normalized spacial score (nSPS) is 17.8. The molecule has 1 saturated heterocycles.